The van der Waals surface area contributed by atoms with Gasteiger partial charge >= 0.3 is 0 Å². The van der Waals surface area contributed by atoms with Crippen LogP contribution in [0.5, 0.6) is 0 Å². The number of nitrogens with one attached hydrogen (secondary N) is 4. The third-order valence-corrected chi connectivity index (χ3v) is 10.1. The lowest BCUT2D eigenvalue weighted by Gasteiger charge is -2.30. The van der Waals surface area contributed by atoms with E-state index in [1.807, 2.05) is 44.7 Å². The van der Waals surface area contributed by atoms with E-state index < -0.39 is 18.1 Å². The third kappa shape index (κ3) is 8.20. The number of nitrogens with zero attached hydrogens (tertiary/aromatic N) is 3. The summed E-state index contributed by atoms with van der Waals surface area (Å²) < 4.78 is 0. The van der Waals surface area contributed by atoms with Crippen molar-refractivity contribution in [2.75, 3.05) is 18.4 Å². The van der Waals surface area contributed by atoms with Gasteiger partial charge in [-0.15, -0.1) is 0 Å². The molecule has 4 aliphatic rings. The molecule has 2 aliphatic carbocycles. The number of carbonyl (C=O) groups excluding carboxylic acids is 5. The van der Waals surface area contributed by atoms with E-state index in [2.05, 4.69) is 37.8 Å². The first-order chi connectivity index (χ1) is 24.0. The number of amides is 5. The van der Waals surface area contributed by atoms with Crippen LogP contribution in [0.25, 0.3) is 0 Å². The number of carbonyl (C=O) groups is 5. The van der Waals surface area contributed by atoms with E-state index in [-0.39, 0.29) is 59.2 Å². The topological polar surface area (TPSA) is 157 Å². The molecule has 0 radical (unpaired) electrons. The molecule has 1 aromatic carbocycles. The summed E-state index contributed by atoms with van der Waals surface area (Å²) in [4.78, 5) is 76.5. The molecule has 0 unspecified atom stereocenters. The van der Waals surface area contributed by atoms with Crippen molar-refractivity contribution in [3.05, 3.63) is 47.5 Å². The summed E-state index contributed by atoms with van der Waals surface area (Å²) in [5.74, 6) is 6.21. The van der Waals surface area contributed by atoms with Crippen LogP contribution in [0.1, 0.15) is 102 Å². The molecule has 12 nitrogen and oxygen atoms in total. The molecule has 6 rings (SSSR count). The van der Waals surface area contributed by atoms with Crippen molar-refractivity contribution in [3.63, 3.8) is 0 Å². The number of anilines is 1. The van der Waals surface area contributed by atoms with Crippen LogP contribution in [0.4, 0.5) is 5.69 Å². The number of aromatic amines is 1. The van der Waals surface area contributed by atoms with Crippen molar-refractivity contribution in [1.82, 2.24) is 30.4 Å². The first kappa shape index (κ1) is 35.2. The molecule has 50 heavy (non-hydrogen) atoms. The molecule has 2 saturated heterocycles. The van der Waals surface area contributed by atoms with Gasteiger partial charge in [0.1, 0.15) is 29.6 Å². The van der Waals surface area contributed by atoms with Crippen molar-refractivity contribution >= 4 is 35.2 Å². The zero-order valence-corrected chi connectivity index (χ0v) is 29.5. The second-order valence-corrected chi connectivity index (χ2v) is 14.9. The van der Waals surface area contributed by atoms with Crippen LogP contribution >= 0.6 is 0 Å². The number of imidazole rings is 1. The summed E-state index contributed by atoms with van der Waals surface area (Å²) in [5.41, 5.74) is 1.97. The molecule has 2 saturated carbocycles. The van der Waals surface area contributed by atoms with Gasteiger partial charge < -0.3 is 30.7 Å². The van der Waals surface area contributed by atoms with E-state index in [1.54, 1.807) is 23.2 Å². The molecule has 1 aromatic heterocycles. The third-order valence-electron chi connectivity index (χ3n) is 10.1. The number of hydrogen-bond donors (Lipinski definition) is 4. The Morgan fingerprint density at radius 3 is 1.88 bits per heavy atom. The Hall–Kier alpha value is -4.66. The Morgan fingerprint density at radius 2 is 1.30 bits per heavy atom. The fourth-order valence-corrected chi connectivity index (χ4v) is 6.81. The summed E-state index contributed by atoms with van der Waals surface area (Å²) in [6.45, 7) is 8.82. The molecule has 0 bridgehead atoms. The monoisotopic (exact) mass is 683 g/mol. The van der Waals surface area contributed by atoms with Gasteiger partial charge in [0, 0.05) is 36.2 Å². The second-order valence-electron chi connectivity index (χ2n) is 14.9. The SMILES string of the molecule is CC(C)[C@@H](NC(=O)C1CC1)C(=O)N1CCC[C@H]1C(=O)Nc1ccc(C#Cc2cnc([C@@H]3CCCN3C(=O)[C@H](NC(=O)C3CC3)C(C)C)[nH]2)cc1. The Kier molecular flexibility index (Phi) is 10.6. The predicted molar refractivity (Wildman–Crippen MR) is 187 cm³/mol. The van der Waals surface area contributed by atoms with E-state index in [9.17, 15) is 24.0 Å². The van der Waals surface area contributed by atoms with Crippen LogP contribution in [0.15, 0.2) is 30.5 Å². The molecule has 4 N–H and O–H groups in total. The number of hydrogen-bond acceptors (Lipinski definition) is 6. The van der Waals surface area contributed by atoms with Gasteiger partial charge in [0.2, 0.25) is 29.5 Å². The van der Waals surface area contributed by atoms with Gasteiger partial charge in [-0.2, -0.15) is 0 Å². The number of H-pyrrole nitrogens is 1. The van der Waals surface area contributed by atoms with Crippen molar-refractivity contribution < 1.29 is 24.0 Å². The lowest BCUT2D eigenvalue weighted by molar-refractivity contribution is -0.141. The van der Waals surface area contributed by atoms with Gasteiger partial charge in [-0.05, 0) is 93.4 Å². The molecule has 0 spiro atoms. The highest BCUT2D eigenvalue weighted by Gasteiger charge is 2.41. The molecular weight excluding hydrogens is 634 g/mol. The normalized spacial score (nSPS) is 21.4. The van der Waals surface area contributed by atoms with Crippen LogP contribution in [0, 0.1) is 35.5 Å². The van der Waals surface area contributed by atoms with Crippen molar-refractivity contribution in [2.24, 2.45) is 23.7 Å². The molecule has 2 aromatic rings. The summed E-state index contributed by atoms with van der Waals surface area (Å²) in [6, 6.07) is 5.18. The van der Waals surface area contributed by atoms with Gasteiger partial charge in [-0.3, -0.25) is 24.0 Å². The summed E-state index contributed by atoms with van der Waals surface area (Å²) in [6.07, 6.45) is 8.09. The quantitative estimate of drug-likeness (QED) is 0.266. The molecule has 266 valence electrons. The molecule has 4 atom stereocenters. The van der Waals surface area contributed by atoms with E-state index >= 15 is 0 Å². The minimum atomic E-state index is -0.650. The van der Waals surface area contributed by atoms with Crippen molar-refractivity contribution in [1.29, 1.82) is 0 Å². The van der Waals surface area contributed by atoms with Gasteiger partial charge in [0.15, 0.2) is 0 Å². The maximum atomic E-state index is 13.6. The molecular formula is C38H49N7O5. The van der Waals surface area contributed by atoms with Crippen LogP contribution in [0.2, 0.25) is 0 Å². The number of likely N-dealkylation sites (tertiary alicyclic amines) is 2. The zero-order valence-electron chi connectivity index (χ0n) is 29.5. The van der Waals surface area contributed by atoms with Crippen LogP contribution in [-0.2, 0) is 24.0 Å². The summed E-state index contributed by atoms with van der Waals surface area (Å²) in [7, 11) is 0. The van der Waals surface area contributed by atoms with E-state index in [1.165, 1.54) is 0 Å². The van der Waals surface area contributed by atoms with E-state index in [4.69, 9.17) is 0 Å². The average molecular weight is 684 g/mol. The largest absolute Gasteiger partial charge is 0.344 e. The maximum Gasteiger partial charge on any atom is 0.247 e. The summed E-state index contributed by atoms with van der Waals surface area (Å²) >= 11 is 0. The Balaban J connectivity index is 1.04. The minimum absolute atomic E-state index is 0.00243. The highest BCUT2D eigenvalue weighted by atomic mass is 16.2. The smallest absolute Gasteiger partial charge is 0.247 e. The standard InChI is InChI=1S/C38H49N7O5/c1-22(2)31(42-34(46)25-12-13-25)37(49)44-19-5-7-29(44)33-39-21-28(40-33)18-11-24-9-16-27(17-10-24)41-36(48)30-8-6-20-45(30)38(50)32(23(3)4)43-35(47)26-14-15-26/h9-10,16-17,21-23,25-26,29-32H,5-8,12-15,19-20H2,1-4H3,(H,39,40)(H,41,48)(H,42,46)(H,43,47)/t29-,30-,31+,32+/m0/s1. The zero-order chi connectivity index (χ0) is 35.5. The van der Waals surface area contributed by atoms with Crippen LogP contribution in [0.3, 0.4) is 0 Å². The summed E-state index contributed by atoms with van der Waals surface area (Å²) in [5, 5.41) is 8.86. The van der Waals surface area contributed by atoms with Gasteiger partial charge in [-0.1, -0.05) is 33.6 Å². The average Bonchev–Trinajstić information content (AvgIpc) is 3.97. The molecule has 3 heterocycles. The Morgan fingerprint density at radius 1 is 0.740 bits per heavy atom. The Labute approximate surface area is 293 Å². The lowest BCUT2D eigenvalue weighted by Crippen LogP contribution is -2.54. The fraction of sp³-hybridized carbons (Fsp3) is 0.579. The van der Waals surface area contributed by atoms with Gasteiger partial charge in [-0.25, -0.2) is 4.98 Å². The van der Waals surface area contributed by atoms with Crippen molar-refractivity contribution in [2.45, 2.75) is 103 Å². The molecule has 2 aliphatic heterocycles. The van der Waals surface area contributed by atoms with E-state index in [0.717, 1.165) is 50.5 Å². The van der Waals surface area contributed by atoms with Gasteiger partial charge in [0.05, 0.1) is 12.2 Å². The first-order valence-electron chi connectivity index (χ1n) is 18.2. The molecule has 4 fully saturated rings. The van der Waals surface area contributed by atoms with Crippen molar-refractivity contribution in [3.8, 4) is 11.8 Å². The minimum Gasteiger partial charge on any atom is -0.344 e. The number of aromatic nitrogens is 2. The highest BCUT2D eigenvalue weighted by molar-refractivity contribution is 5.99. The first-order valence-corrected chi connectivity index (χ1v) is 18.2. The van der Waals surface area contributed by atoms with E-state index in [0.29, 0.717) is 36.7 Å². The highest BCUT2D eigenvalue weighted by Crippen LogP contribution is 2.33. The Bertz CT molecular complexity index is 1660. The molecule has 12 heteroatoms. The van der Waals surface area contributed by atoms with Crippen LogP contribution in [-0.4, -0.2) is 80.5 Å². The predicted octanol–water partition coefficient (Wildman–Crippen LogP) is 3.50. The van der Waals surface area contributed by atoms with Gasteiger partial charge in [0.25, 0.3) is 0 Å². The van der Waals surface area contributed by atoms with Crippen LogP contribution < -0.4 is 16.0 Å². The second kappa shape index (κ2) is 15.1. The molecule has 5 amide bonds. The number of benzene rings is 1. The lowest BCUT2D eigenvalue weighted by atomic mass is 10.0. The fourth-order valence-electron chi connectivity index (χ4n) is 6.81. The number of rotatable bonds is 11. The maximum absolute atomic E-state index is 13.6.